The molecule has 7 heteroatoms. The van der Waals surface area contributed by atoms with Crippen LogP contribution in [-0.2, 0) is 9.59 Å². The highest BCUT2D eigenvalue weighted by Crippen LogP contribution is 2.39. The molecule has 1 aromatic rings. The molecule has 1 aliphatic heterocycles. The van der Waals surface area contributed by atoms with Gasteiger partial charge in [0.05, 0.1) is 26.3 Å². The molecule has 0 atom stereocenters. The Hall–Kier alpha value is -1.10. The summed E-state index contributed by atoms with van der Waals surface area (Å²) in [5.41, 5.74) is -0.0327. The van der Waals surface area contributed by atoms with Crippen molar-refractivity contribution in [1.82, 2.24) is 0 Å². The molecule has 0 aliphatic carbocycles. The molecule has 0 spiro atoms. The Bertz CT molecular complexity index is 553. The third-order valence-electron chi connectivity index (χ3n) is 2.05. The highest BCUT2D eigenvalue weighted by atomic mass is 35.5. The largest absolute Gasteiger partial charge is 0.318 e. The Kier molecular flexibility index (Phi) is 2.66. The Morgan fingerprint density at radius 1 is 0.938 bits per heavy atom. The predicted molar refractivity (Wildman–Crippen MR) is 59.4 cm³/mol. The molecule has 1 heterocycles. The SMILES string of the molecule is O=C1Nc2cc(Cl)c(Cl)c(Cl)c2C(=O)C1=O. The van der Waals surface area contributed by atoms with E-state index >= 15 is 0 Å². The van der Waals surface area contributed by atoms with E-state index in [4.69, 9.17) is 34.8 Å². The van der Waals surface area contributed by atoms with E-state index in [0.29, 0.717) is 0 Å². The normalized spacial score (nSPS) is 14.8. The summed E-state index contributed by atoms with van der Waals surface area (Å²) in [5.74, 6) is -3.16. The standard InChI is InChI=1S/C9H2Cl3NO3/c10-2-1-3-4(6(12)5(2)11)7(14)8(15)9(16)13-3/h1H,(H,13,16). The highest BCUT2D eigenvalue weighted by molar-refractivity contribution is 6.72. The van der Waals surface area contributed by atoms with Crippen LogP contribution in [0.4, 0.5) is 5.69 Å². The Labute approximate surface area is 104 Å². The molecule has 0 fully saturated rings. The van der Waals surface area contributed by atoms with Gasteiger partial charge in [-0.05, 0) is 6.07 Å². The third kappa shape index (κ3) is 1.50. The van der Waals surface area contributed by atoms with E-state index in [9.17, 15) is 14.4 Å². The number of benzene rings is 1. The quantitative estimate of drug-likeness (QED) is 0.585. The third-order valence-corrected chi connectivity index (χ3v) is 3.31. The van der Waals surface area contributed by atoms with Crippen LogP contribution in [0.15, 0.2) is 6.07 Å². The highest BCUT2D eigenvalue weighted by Gasteiger charge is 2.35. The number of fused-ring (bicyclic) bond motifs is 1. The van der Waals surface area contributed by atoms with Gasteiger partial charge in [-0.15, -0.1) is 0 Å². The van der Waals surface area contributed by atoms with E-state index in [1.807, 2.05) is 0 Å². The van der Waals surface area contributed by atoms with Gasteiger partial charge >= 0.3 is 0 Å². The second-order valence-electron chi connectivity index (χ2n) is 3.02. The lowest BCUT2D eigenvalue weighted by atomic mass is 10.0. The topological polar surface area (TPSA) is 63.2 Å². The second-order valence-corrected chi connectivity index (χ2v) is 4.18. The molecule has 0 saturated heterocycles. The molecule has 1 aromatic carbocycles. The molecule has 0 saturated carbocycles. The molecule has 0 aromatic heterocycles. The minimum absolute atomic E-state index is 0.0283. The van der Waals surface area contributed by atoms with Crippen LogP contribution < -0.4 is 5.32 Å². The lowest BCUT2D eigenvalue weighted by molar-refractivity contribution is -0.132. The molecule has 0 bridgehead atoms. The van der Waals surface area contributed by atoms with Crippen molar-refractivity contribution in [2.45, 2.75) is 0 Å². The summed E-state index contributed by atoms with van der Waals surface area (Å²) < 4.78 is 0. The molecule has 0 unspecified atom stereocenters. The van der Waals surface area contributed by atoms with Crippen LogP contribution in [-0.4, -0.2) is 17.5 Å². The van der Waals surface area contributed by atoms with Gasteiger partial charge in [-0.1, -0.05) is 34.8 Å². The van der Waals surface area contributed by atoms with E-state index in [2.05, 4.69) is 5.32 Å². The van der Waals surface area contributed by atoms with E-state index in [1.165, 1.54) is 6.07 Å². The first-order valence-electron chi connectivity index (χ1n) is 4.01. The number of anilines is 1. The fourth-order valence-electron chi connectivity index (χ4n) is 1.31. The molecule has 4 nitrogen and oxygen atoms in total. The lowest BCUT2D eigenvalue weighted by Gasteiger charge is -2.17. The van der Waals surface area contributed by atoms with Gasteiger partial charge in [0.1, 0.15) is 0 Å². The van der Waals surface area contributed by atoms with Gasteiger partial charge < -0.3 is 5.32 Å². The van der Waals surface area contributed by atoms with Gasteiger partial charge in [0.25, 0.3) is 11.7 Å². The van der Waals surface area contributed by atoms with Crippen LogP contribution in [0.2, 0.25) is 15.1 Å². The van der Waals surface area contributed by atoms with Crippen molar-refractivity contribution in [2.75, 3.05) is 5.32 Å². The monoisotopic (exact) mass is 277 g/mol. The van der Waals surface area contributed by atoms with Crippen molar-refractivity contribution in [2.24, 2.45) is 0 Å². The van der Waals surface area contributed by atoms with Gasteiger partial charge in [0, 0.05) is 0 Å². The number of Topliss-reactive ketones (excluding diaryl/α,β-unsaturated/α-hetero) is 2. The predicted octanol–water partition coefficient (Wildman–Crippen LogP) is 2.35. The first-order chi connectivity index (χ1) is 7.43. The lowest BCUT2D eigenvalue weighted by Crippen LogP contribution is -2.35. The summed E-state index contributed by atoms with van der Waals surface area (Å²) in [5, 5.41) is 2.14. The van der Waals surface area contributed by atoms with E-state index in [1.54, 1.807) is 0 Å². The minimum atomic E-state index is -1.17. The van der Waals surface area contributed by atoms with Crippen LogP contribution >= 0.6 is 34.8 Å². The maximum atomic E-state index is 11.5. The summed E-state index contributed by atoms with van der Waals surface area (Å²) in [6.07, 6.45) is 0. The summed E-state index contributed by atoms with van der Waals surface area (Å²) in [6, 6.07) is 1.27. The van der Waals surface area contributed by atoms with Gasteiger partial charge in [0.15, 0.2) is 0 Å². The Morgan fingerprint density at radius 2 is 1.56 bits per heavy atom. The molecule has 82 valence electrons. The maximum Gasteiger partial charge on any atom is 0.300 e. The van der Waals surface area contributed by atoms with Crippen molar-refractivity contribution >= 4 is 58.0 Å². The molecule has 1 amide bonds. The molecule has 2 rings (SSSR count). The number of carbonyl (C=O) groups is 3. The smallest absolute Gasteiger partial charge is 0.300 e. The van der Waals surface area contributed by atoms with E-state index in [-0.39, 0.29) is 26.3 Å². The van der Waals surface area contributed by atoms with Crippen molar-refractivity contribution in [1.29, 1.82) is 0 Å². The average Bonchev–Trinajstić information content (AvgIpc) is 2.23. The zero-order chi connectivity index (χ0) is 12.0. The van der Waals surface area contributed by atoms with Crippen molar-refractivity contribution < 1.29 is 14.4 Å². The van der Waals surface area contributed by atoms with Crippen LogP contribution in [0.25, 0.3) is 0 Å². The number of ketones is 2. The van der Waals surface area contributed by atoms with Crippen LogP contribution in [0.3, 0.4) is 0 Å². The maximum absolute atomic E-state index is 11.5. The van der Waals surface area contributed by atoms with Crippen LogP contribution in [0.1, 0.15) is 10.4 Å². The molecule has 1 aliphatic rings. The first kappa shape index (κ1) is 11.4. The number of hydrogen-bond acceptors (Lipinski definition) is 3. The number of hydrogen-bond donors (Lipinski definition) is 1. The number of nitrogens with one attached hydrogen (secondary N) is 1. The van der Waals surface area contributed by atoms with Crippen LogP contribution in [0, 0.1) is 0 Å². The molecule has 0 radical (unpaired) electrons. The fraction of sp³-hybridized carbons (Fsp3) is 0. The van der Waals surface area contributed by atoms with Gasteiger partial charge in [-0.25, -0.2) is 0 Å². The van der Waals surface area contributed by atoms with E-state index < -0.39 is 17.5 Å². The van der Waals surface area contributed by atoms with Gasteiger partial charge in [-0.2, -0.15) is 0 Å². The molecule has 1 N–H and O–H groups in total. The number of rotatable bonds is 0. The summed E-state index contributed by atoms with van der Waals surface area (Å²) in [6.45, 7) is 0. The minimum Gasteiger partial charge on any atom is -0.318 e. The second kappa shape index (κ2) is 3.73. The summed E-state index contributed by atoms with van der Waals surface area (Å²) >= 11 is 17.2. The number of halogens is 3. The fourth-order valence-corrected chi connectivity index (χ4v) is 2.00. The first-order valence-corrected chi connectivity index (χ1v) is 5.14. The van der Waals surface area contributed by atoms with Crippen LogP contribution in [0.5, 0.6) is 0 Å². The number of amides is 1. The van der Waals surface area contributed by atoms with Crippen molar-refractivity contribution in [3.8, 4) is 0 Å². The van der Waals surface area contributed by atoms with E-state index in [0.717, 1.165) is 0 Å². The summed E-state index contributed by atoms with van der Waals surface area (Å²) in [4.78, 5) is 33.7. The zero-order valence-electron chi connectivity index (χ0n) is 7.44. The Balaban J connectivity index is 2.77. The Morgan fingerprint density at radius 3 is 2.19 bits per heavy atom. The van der Waals surface area contributed by atoms with Crippen molar-refractivity contribution in [3.05, 3.63) is 26.7 Å². The average molecular weight is 278 g/mol. The summed E-state index contributed by atoms with van der Waals surface area (Å²) in [7, 11) is 0. The molecular formula is C9H2Cl3NO3. The molecule has 16 heavy (non-hydrogen) atoms. The van der Waals surface area contributed by atoms with Gasteiger partial charge in [-0.3, -0.25) is 14.4 Å². The zero-order valence-corrected chi connectivity index (χ0v) is 9.70. The number of carbonyl (C=O) groups excluding carboxylic acids is 3. The van der Waals surface area contributed by atoms with Gasteiger partial charge in [0.2, 0.25) is 5.78 Å². The molecular weight excluding hydrogens is 276 g/mol. The van der Waals surface area contributed by atoms with Crippen molar-refractivity contribution in [3.63, 3.8) is 0 Å².